The third kappa shape index (κ3) is 5.46. The molecule has 1 aliphatic rings. The zero-order chi connectivity index (χ0) is 25.9. The Morgan fingerprint density at radius 1 is 0.919 bits per heavy atom. The summed E-state index contributed by atoms with van der Waals surface area (Å²) in [5, 5.41) is 0. The number of rotatable bonds is 8. The monoisotopic (exact) mass is 519 g/mol. The number of sulfone groups is 1. The molecule has 4 aromatic rings. The maximum atomic E-state index is 11.9. The summed E-state index contributed by atoms with van der Waals surface area (Å²) in [6.07, 6.45) is 2.76. The van der Waals surface area contributed by atoms with Crippen LogP contribution in [0.2, 0.25) is 0 Å². The van der Waals surface area contributed by atoms with E-state index in [4.69, 9.17) is 23.6 Å². The van der Waals surface area contributed by atoms with Gasteiger partial charge in [0.05, 0.1) is 10.5 Å². The van der Waals surface area contributed by atoms with E-state index in [2.05, 4.69) is 6.07 Å². The minimum atomic E-state index is -3.30. The van der Waals surface area contributed by atoms with Gasteiger partial charge in [-0.2, -0.15) is 0 Å². The van der Waals surface area contributed by atoms with Gasteiger partial charge in [0.15, 0.2) is 22.2 Å². The van der Waals surface area contributed by atoms with Crippen molar-refractivity contribution in [1.82, 2.24) is 4.98 Å². The highest BCUT2D eigenvalue weighted by atomic mass is 32.2. The van der Waals surface area contributed by atoms with Crippen molar-refractivity contribution in [2.45, 2.75) is 29.9 Å². The third-order valence-corrected chi connectivity index (χ3v) is 7.81. The summed E-state index contributed by atoms with van der Waals surface area (Å²) in [7, 11) is -1.56. The fourth-order valence-electron chi connectivity index (χ4n) is 4.59. The van der Waals surface area contributed by atoms with Crippen LogP contribution in [0.3, 0.4) is 0 Å². The van der Waals surface area contributed by atoms with Crippen LogP contribution in [-0.4, -0.2) is 40.0 Å². The van der Waals surface area contributed by atoms with Gasteiger partial charge in [0.1, 0.15) is 11.4 Å². The first-order chi connectivity index (χ1) is 17.9. The van der Waals surface area contributed by atoms with E-state index in [1.807, 2.05) is 48.5 Å². The molecule has 0 aliphatic carbocycles. The van der Waals surface area contributed by atoms with Gasteiger partial charge in [-0.25, -0.2) is 13.4 Å². The minimum absolute atomic E-state index is 0.133. The van der Waals surface area contributed by atoms with E-state index in [9.17, 15) is 8.42 Å². The number of ether oxygens (including phenoxy) is 3. The van der Waals surface area contributed by atoms with Crippen molar-refractivity contribution in [2.24, 2.45) is 0 Å². The predicted octanol–water partition coefficient (Wildman–Crippen LogP) is 5.64. The molecule has 5 rings (SSSR count). The lowest BCUT2D eigenvalue weighted by Crippen LogP contribution is -2.35. The maximum Gasteiger partial charge on any atom is 0.233 e. The van der Waals surface area contributed by atoms with E-state index in [1.165, 1.54) is 6.26 Å². The molecule has 0 bridgehead atoms. The highest BCUT2D eigenvalue weighted by molar-refractivity contribution is 7.90. The lowest BCUT2D eigenvalue weighted by Gasteiger charge is -2.36. The lowest BCUT2D eigenvalue weighted by molar-refractivity contribution is -0.0948. The maximum absolute atomic E-state index is 11.9. The molecule has 0 atom stereocenters. The molecule has 1 saturated heterocycles. The minimum Gasteiger partial charge on any atom is -0.484 e. The van der Waals surface area contributed by atoms with Crippen LogP contribution < -0.4 is 4.74 Å². The standard InChI is InChI=1S/C29H29NO6S/c1-33-29(15-17-34-18-16-29)23-9-6-10-24(19-23)35-20-26-30-27(28(36-26)22-7-4-3-5-8-22)21-11-13-25(14-12-21)37(2,31)32/h3-14,19H,15-18,20H2,1-2H3. The molecule has 37 heavy (non-hydrogen) atoms. The van der Waals surface area contributed by atoms with E-state index in [0.29, 0.717) is 36.3 Å². The molecule has 2 heterocycles. The van der Waals surface area contributed by atoms with Gasteiger partial charge >= 0.3 is 0 Å². The van der Waals surface area contributed by atoms with Gasteiger partial charge in [-0.3, -0.25) is 0 Å². The average Bonchev–Trinajstić information content (AvgIpc) is 3.37. The Balaban J connectivity index is 1.42. The number of hydrogen-bond donors (Lipinski definition) is 0. The van der Waals surface area contributed by atoms with Crippen LogP contribution in [0.1, 0.15) is 24.3 Å². The van der Waals surface area contributed by atoms with Crippen LogP contribution >= 0.6 is 0 Å². The van der Waals surface area contributed by atoms with Crippen LogP contribution in [0.25, 0.3) is 22.6 Å². The fourth-order valence-corrected chi connectivity index (χ4v) is 5.22. The summed E-state index contributed by atoms with van der Waals surface area (Å²) >= 11 is 0. The van der Waals surface area contributed by atoms with Gasteiger partial charge in [0, 0.05) is 50.5 Å². The second-order valence-electron chi connectivity index (χ2n) is 9.08. The quantitative estimate of drug-likeness (QED) is 0.298. The molecule has 1 fully saturated rings. The summed E-state index contributed by atoms with van der Waals surface area (Å²) < 4.78 is 47.5. The molecule has 0 N–H and O–H groups in total. The number of oxazole rings is 1. The van der Waals surface area contributed by atoms with Crippen LogP contribution in [0.4, 0.5) is 0 Å². The molecule has 1 aromatic heterocycles. The van der Waals surface area contributed by atoms with E-state index in [-0.39, 0.29) is 17.1 Å². The Labute approximate surface area is 216 Å². The van der Waals surface area contributed by atoms with Gasteiger partial charge in [0.25, 0.3) is 0 Å². The van der Waals surface area contributed by atoms with Crippen LogP contribution in [0, 0.1) is 0 Å². The molecule has 0 amide bonds. The number of aromatic nitrogens is 1. The Kier molecular flexibility index (Phi) is 7.15. The summed E-state index contributed by atoms with van der Waals surface area (Å²) in [6, 6.07) is 24.2. The molecule has 0 spiro atoms. The fraction of sp³-hybridized carbons (Fsp3) is 0.276. The van der Waals surface area contributed by atoms with Crippen LogP contribution in [0.5, 0.6) is 5.75 Å². The summed E-state index contributed by atoms with van der Waals surface area (Å²) in [6.45, 7) is 1.45. The van der Waals surface area contributed by atoms with Crippen molar-refractivity contribution in [3.8, 4) is 28.3 Å². The van der Waals surface area contributed by atoms with Crippen LogP contribution in [0.15, 0.2) is 88.2 Å². The van der Waals surface area contributed by atoms with Gasteiger partial charge in [-0.1, -0.05) is 54.6 Å². The summed E-state index contributed by atoms with van der Waals surface area (Å²) in [5.41, 5.74) is 2.92. The highest BCUT2D eigenvalue weighted by Gasteiger charge is 2.34. The molecule has 0 unspecified atom stereocenters. The molecule has 7 nitrogen and oxygen atoms in total. The van der Waals surface area contributed by atoms with Crippen molar-refractivity contribution in [1.29, 1.82) is 0 Å². The van der Waals surface area contributed by atoms with Crippen LogP contribution in [-0.2, 0) is 31.5 Å². The summed E-state index contributed by atoms with van der Waals surface area (Å²) in [5.74, 6) is 1.71. The molecular weight excluding hydrogens is 490 g/mol. The van der Waals surface area contributed by atoms with Gasteiger partial charge in [-0.15, -0.1) is 0 Å². The highest BCUT2D eigenvalue weighted by Crippen LogP contribution is 2.37. The van der Waals surface area contributed by atoms with E-state index in [1.54, 1.807) is 31.4 Å². The molecular formula is C29H29NO6S. The lowest BCUT2D eigenvalue weighted by atomic mass is 9.86. The first-order valence-corrected chi connectivity index (χ1v) is 14.0. The molecule has 192 valence electrons. The predicted molar refractivity (Wildman–Crippen MR) is 140 cm³/mol. The Hall–Kier alpha value is -3.46. The number of nitrogens with zero attached hydrogens (tertiary/aromatic N) is 1. The summed E-state index contributed by atoms with van der Waals surface area (Å²) in [4.78, 5) is 4.98. The van der Waals surface area contributed by atoms with Gasteiger partial charge in [-0.05, 0) is 29.8 Å². The molecule has 1 aliphatic heterocycles. The second kappa shape index (κ2) is 10.5. The number of benzene rings is 3. The number of hydrogen-bond acceptors (Lipinski definition) is 7. The first-order valence-electron chi connectivity index (χ1n) is 12.1. The Bertz CT molecular complexity index is 1460. The zero-order valence-corrected chi connectivity index (χ0v) is 21.7. The molecule has 0 saturated carbocycles. The van der Waals surface area contributed by atoms with Gasteiger partial charge < -0.3 is 18.6 Å². The molecule has 3 aromatic carbocycles. The topological polar surface area (TPSA) is 87.9 Å². The smallest absolute Gasteiger partial charge is 0.233 e. The zero-order valence-electron chi connectivity index (χ0n) is 20.8. The third-order valence-electron chi connectivity index (χ3n) is 6.68. The number of methoxy groups -OCH3 is 1. The largest absolute Gasteiger partial charge is 0.484 e. The van der Waals surface area contributed by atoms with Crippen molar-refractivity contribution in [2.75, 3.05) is 26.6 Å². The first kappa shape index (κ1) is 25.2. The van der Waals surface area contributed by atoms with E-state index >= 15 is 0 Å². The van der Waals surface area contributed by atoms with Crippen molar-refractivity contribution >= 4 is 9.84 Å². The average molecular weight is 520 g/mol. The Morgan fingerprint density at radius 3 is 2.32 bits per heavy atom. The normalized spacial score (nSPS) is 15.4. The second-order valence-corrected chi connectivity index (χ2v) is 11.1. The molecule has 8 heteroatoms. The van der Waals surface area contributed by atoms with E-state index < -0.39 is 9.84 Å². The SMILES string of the molecule is COC1(c2cccc(OCc3nc(-c4ccc(S(C)(=O)=O)cc4)c(-c4ccccc4)o3)c2)CCOCC1. The van der Waals surface area contributed by atoms with E-state index in [0.717, 1.165) is 29.5 Å². The van der Waals surface area contributed by atoms with Crippen molar-refractivity contribution in [3.05, 3.63) is 90.3 Å². The Morgan fingerprint density at radius 2 is 1.65 bits per heavy atom. The molecule has 0 radical (unpaired) electrons. The van der Waals surface area contributed by atoms with Crippen molar-refractivity contribution < 1.29 is 27.0 Å². The van der Waals surface area contributed by atoms with Crippen molar-refractivity contribution in [3.63, 3.8) is 0 Å². The van der Waals surface area contributed by atoms with Gasteiger partial charge in [0.2, 0.25) is 5.89 Å².